The first-order chi connectivity index (χ1) is 9.61. The number of aliphatic carboxylic acids is 1. The molecule has 1 fully saturated rings. The summed E-state index contributed by atoms with van der Waals surface area (Å²) in [5.74, 6) is -0.775. The van der Waals surface area contributed by atoms with E-state index in [2.05, 4.69) is 10.6 Å². The van der Waals surface area contributed by atoms with E-state index in [-0.39, 0.29) is 29.8 Å². The summed E-state index contributed by atoms with van der Waals surface area (Å²) in [5.41, 5.74) is -0.310. The Balaban J connectivity index is 2.43. The van der Waals surface area contributed by atoms with Crippen molar-refractivity contribution in [2.24, 2.45) is 0 Å². The van der Waals surface area contributed by atoms with Crippen LogP contribution in [-0.2, 0) is 9.59 Å². The Hall–Kier alpha value is -1.44. The Morgan fingerprint density at radius 1 is 1.33 bits per heavy atom. The fourth-order valence-corrected chi connectivity index (χ4v) is 3.16. The molecule has 1 heterocycles. The second-order valence-electron chi connectivity index (χ2n) is 5.97. The molecule has 1 aliphatic heterocycles. The number of carboxylic acid groups (broad SMARTS) is 1. The van der Waals surface area contributed by atoms with Gasteiger partial charge < -0.3 is 15.7 Å². The summed E-state index contributed by atoms with van der Waals surface area (Å²) >= 11 is 1.42. The van der Waals surface area contributed by atoms with Gasteiger partial charge in [0.2, 0.25) is 5.91 Å². The summed E-state index contributed by atoms with van der Waals surface area (Å²) < 4.78 is 0. The third-order valence-electron chi connectivity index (χ3n) is 2.89. The molecule has 0 bridgehead atoms. The molecule has 3 amide bonds. The predicted molar refractivity (Wildman–Crippen MR) is 81.1 cm³/mol. The molecule has 0 spiro atoms. The minimum absolute atomic E-state index is 0.151. The zero-order valence-electron chi connectivity index (χ0n) is 12.8. The Kier molecular flexibility index (Phi) is 5.88. The molecule has 0 aromatic rings. The monoisotopic (exact) mass is 317 g/mol. The van der Waals surface area contributed by atoms with Crippen molar-refractivity contribution in [1.82, 2.24) is 15.5 Å². The molecule has 2 atom stereocenters. The van der Waals surface area contributed by atoms with Gasteiger partial charge in [0.15, 0.2) is 0 Å². The highest BCUT2D eigenvalue weighted by Gasteiger charge is 2.39. The standard InChI is InChI=1S/C13H23N3O4S/c1-8-16(9(7-21-8)11(18)19)12(20)14-6-5-10(17)15-13(2,3)4/h8-9H,5-7H2,1-4H3,(H,14,20)(H,15,17)(H,18,19). The number of urea groups is 1. The summed E-state index contributed by atoms with van der Waals surface area (Å²) in [5, 5.41) is 14.3. The summed E-state index contributed by atoms with van der Waals surface area (Å²) in [6.45, 7) is 7.61. The van der Waals surface area contributed by atoms with Crippen molar-refractivity contribution < 1.29 is 19.5 Å². The molecule has 2 unspecified atom stereocenters. The minimum atomic E-state index is -1.01. The summed E-state index contributed by atoms with van der Waals surface area (Å²) in [4.78, 5) is 36.1. The molecule has 0 aromatic heterocycles. The Bertz CT molecular complexity index is 422. The van der Waals surface area contributed by atoms with Gasteiger partial charge in [-0.15, -0.1) is 11.8 Å². The molecule has 21 heavy (non-hydrogen) atoms. The van der Waals surface area contributed by atoms with E-state index in [0.717, 1.165) is 0 Å². The van der Waals surface area contributed by atoms with Crippen LogP contribution in [0.1, 0.15) is 34.1 Å². The van der Waals surface area contributed by atoms with Crippen molar-refractivity contribution in [3.63, 3.8) is 0 Å². The van der Waals surface area contributed by atoms with E-state index < -0.39 is 18.0 Å². The molecule has 1 saturated heterocycles. The third kappa shape index (κ3) is 5.45. The zero-order valence-corrected chi connectivity index (χ0v) is 13.6. The first-order valence-corrected chi connectivity index (χ1v) is 7.88. The van der Waals surface area contributed by atoms with Gasteiger partial charge in [-0.2, -0.15) is 0 Å². The summed E-state index contributed by atoms with van der Waals surface area (Å²) in [7, 11) is 0. The smallest absolute Gasteiger partial charge is 0.327 e. The van der Waals surface area contributed by atoms with Crippen LogP contribution in [-0.4, -0.2) is 57.2 Å². The van der Waals surface area contributed by atoms with Crippen molar-refractivity contribution in [2.45, 2.75) is 51.1 Å². The molecule has 0 radical (unpaired) electrons. The van der Waals surface area contributed by atoms with Gasteiger partial charge in [0.05, 0.1) is 5.37 Å². The van der Waals surface area contributed by atoms with Crippen molar-refractivity contribution in [3.05, 3.63) is 0 Å². The normalized spacial score (nSPS) is 22.0. The fourth-order valence-electron chi connectivity index (χ4n) is 2.00. The first kappa shape index (κ1) is 17.6. The van der Waals surface area contributed by atoms with Crippen LogP contribution in [0.3, 0.4) is 0 Å². The summed E-state index contributed by atoms with van der Waals surface area (Å²) in [6, 6.07) is -1.25. The number of amides is 3. The SMILES string of the molecule is CC1SCC(C(=O)O)N1C(=O)NCCC(=O)NC(C)(C)C. The highest BCUT2D eigenvalue weighted by molar-refractivity contribution is 8.00. The maximum absolute atomic E-state index is 12.0. The van der Waals surface area contributed by atoms with Gasteiger partial charge in [-0.05, 0) is 27.7 Å². The van der Waals surface area contributed by atoms with Gasteiger partial charge in [0.25, 0.3) is 0 Å². The quantitative estimate of drug-likeness (QED) is 0.714. The zero-order chi connectivity index (χ0) is 16.2. The molecule has 8 heteroatoms. The van der Waals surface area contributed by atoms with Crippen molar-refractivity contribution in [3.8, 4) is 0 Å². The van der Waals surface area contributed by atoms with Crippen LogP contribution in [0.5, 0.6) is 0 Å². The largest absolute Gasteiger partial charge is 0.480 e. The highest BCUT2D eigenvalue weighted by atomic mass is 32.2. The molecule has 7 nitrogen and oxygen atoms in total. The number of carboxylic acids is 1. The number of nitrogens with one attached hydrogen (secondary N) is 2. The predicted octanol–water partition coefficient (Wildman–Crippen LogP) is 0.849. The lowest BCUT2D eigenvalue weighted by atomic mass is 10.1. The maximum Gasteiger partial charge on any atom is 0.327 e. The van der Waals surface area contributed by atoms with Crippen LogP contribution in [0, 0.1) is 0 Å². The summed E-state index contributed by atoms with van der Waals surface area (Å²) in [6.07, 6.45) is 0.163. The number of hydrogen-bond acceptors (Lipinski definition) is 4. The average molecular weight is 317 g/mol. The second-order valence-corrected chi connectivity index (χ2v) is 7.32. The Morgan fingerprint density at radius 3 is 2.48 bits per heavy atom. The number of nitrogens with zero attached hydrogens (tertiary/aromatic N) is 1. The lowest BCUT2D eigenvalue weighted by molar-refractivity contribution is -0.141. The number of hydrogen-bond donors (Lipinski definition) is 3. The van der Waals surface area contributed by atoms with E-state index in [1.54, 1.807) is 6.92 Å². The van der Waals surface area contributed by atoms with Crippen LogP contribution in [0.2, 0.25) is 0 Å². The fraction of sp³-hybridized carbons (Fsp3) is 0.769. The van der Waals surface area contributed by atoms with Crippen molar-refractivity contribution >= 4 is 29.7 Å². The van der Waals surface area contributed by atoms with Crippen LogP contribution >= 0.6 is 11.8 Å². The number of carbonyl (C=O) groups is 3. The van der Waals surface area contributed by atoms with Crippen molar-refractivity contribution in [1.29, 1.82) is 0 Å². The lowest BCUT2D eigenvalue weighted by Gasteiger charge is -2.25. The minimum Gasteiger partial charge on any atom is -0.480 e. The van der Waals surface area contributed by atoms with E-state index >= 15 is 0 Å². The van der Waals surface area contributed by atoms with E-state index in [4.69, 9.17) is 5.11 Å². The molecule has 0 aromatic carbocycles. The van der Waals surface area contributed by atoms with E-state index in [1.807, 2.05) is 20.8 Å². The Labute approximate surface area is 128 Å². The van der Waals surface area contributed by atoms with E-state index in [9.17, 15) is 14.4 Å². The topological polar surface area (TPSA) is 98.7 Å². The van der Waals surface area contributed by atoms with Crippen LogP contribution in [0.25, 0.3) is 0 Å². The van der Waals surface area contributed by atoms with Gasteiger partial charge in [0.1, 0.15) is 6.04 Å². The van der Waals surface area contributed by atoms with E-state index in [1.165, 1.54) is 16.7 Å². The average Bonchev–Trinajstić information content (AvgIpc) is 2.68. The molecular weight excluding hydrogens is 294 g/mol. The van der Waals surface area contributed by atoms with Crippen LogP contribution < -0.4 is 10.6 Å². The van der Waals surface area contributed by atoms with Crippen LogP contribution in [0.4, 0.5) is 4.79 Å². The highest BCUT2D eigenvalue weighted by Crippen LogP contribution is 2.28. The molecule has 0 aliphatic carbocycles. The third-order valence-corrected chi connectivity index (χ3v) is 4.10. The lowest BCUT2D eigenvalue weighted by Crippen LogP contribution is -2.50. The molecule has 1 aliphatic rings. The van der Waals surface area contributed by atoms with Gasteiger partial charge >= 0.3 is 12.0 Å². The maximum atomic E-state index is 12.0. The van der Waals surface area contributed by atoms with Crippen LogP contribution in [0.15, 0.2) is 0 Å². The second kappa shape index (κ2) is 7.02. The van der Waals surface area contributed by atoms with Gasteiger partial charge in [-0.1, -0.05) is 0 Å². The number of carbonyl (C=O) groups excluding carboxylic acids is 2. The molecule has 0 saturated carbocycles. The first-order valence-electron chi connectivity index (χ1n) is 6.83. The molecule has 1 rings (SSSR count). The van der Waals surface area contributed by atoms with Crippen molar-refractivity contribution in [2.75, 3.05) is 12.3 Å². The molecule has 3 N–H and O–H groups in total. The van der Waals surface area contributed by atoms with Gasteiger partial charge in [0, 0.05) is 24.3 Å². The molecular formula is C13H23N3O4S. The molecule has 120 valence electrons. The van der Waals surface area contributed by atoms with Gasteiger partial charge in [-0.25, -0.2) is 9.59 Å². The number of rotatable bonds is 4. The number of thioether (sulfide) groups is 1. The van der Waals surface area contributed by atoms with E-state index in [0.29, 0.717) is 5.75 Å². The Morgan fingerprint density at radius 2 is 1.95 bits per heavy atom. The van der Waals surface area contributed by atoms with Gasteiger partial charge in [-0.3, -0.25) is 9.69 Å².